The van der Waals surface area contributed by atoms with Crippen molar-refractivity contribution < 1.29 is 39.2 Å². The van der Waals surface area contributed by atoms with Gasteiger partial charge in [0.1, 0.15) is 6.61 Å². The van der Waals surface area contributed by atoms with Crippen LogP contribution in [0.25, 0.3) is 0 Å². The van der Waals surface area contributed by atoms with Crippen LogP contribution in [0.3, 0.4) is 0 Å². The summed E-state index contributed by atoms with van der Waals surface area (Å²) in [7, 11) is 0. The molecule has 1 rings (SSSR count). The molecule has 0 spiro atoms. The Hall–Kier alpha value is -3.10. The van der Waals surface area contributed by atoms with Gasteiger partial charge in [-0.1, -0.05) is 30.3 Å². The molecule has 118 valence electrons. The highest BCUT2D eigenvalue weighted by Crippen LogP contribution is 2.10. The van der Waals surface area contributed by atoms with E-state index < -0.39 is 36.6 Å². The SMILES string of the molecule is O=C(O)C[C@H](C(=O)O)N(C(=O)O)C(=O)OCc1ccccc1. The number of hydrogen-bond donors (Lipinski definition) is 3. The van der Waals surface area contributed by atoms with E-state index in [1.807, 2.05) is 0 Å². The number of ether oxygens (including phenoxy) is 1. The number of carboxylic acid groups (broad SMARTS) is 3. The summed E-state index contributed by atoms with van der Waals surface area (Å²) in [6.07, 6.45) is -4.43. The molecule has 1 atom stereocenters. The number of carboxylic acids is 2. The summed E-state index contributed by atoms with van der Waals surface area (Å²) in [5.74, 6) is -3.32. The summed E-state index contributed by atoms with van der Waals surface area (Å²) in [6.45, 7) is -0.275. The molecular weight excluding hydrogens is 298 g/mol. The van der Waals surface area contributed by atoms with Crippen LogP contribution in [0.1, 0.15) is 12.0 Å². The second kappa shape index (κ2) is 7.62. The van der Waals surface area contributed by atoms with E-state index >= 15 is 0 Å². The average Bonchev–Trinajstić information content (AvgIpc) is 2.44. The number of aliphatic carboxylic acids is 2. The van der Waals surface area contributed by atoms with E-state index in [1.165, 1.54) is 0 Å². The Morgan fingerprint density at radius 1 is 1.05 bits per heavy atom. The van der Waals surface area contributed by atoms with Crippen molar-refractivity contribution in [3.05, 3.63) is 35.9 Å². The van der Waals surface area contributed by atoms with Crippen LogP contribution in [0.2, 0.25) is 0 Å². The van der Waals surface area contributed by atoms with E-state index in [2.05, 4.69) is 0 Å². The maximum atomic E-state index is 11.8. The molecule has 0 aliphatic heterocycles. The molecule has 0 heterocycles. The summed E-state index contributed by atoms with van der Waals surface area (Å²) in [5, 5.41) is 26.5. The average molecular weight is 311 g/mol. The second-order valence-corrected chi connectivity index (χ2v) is 4.14. The first-order valence-electron chi connectivity index (χ1n) is 6.00. The Bertz CT molecular complexity index is 571. The number of benzene rings is 1. The van der Waals surface area contributed by atoms with Gasteiger partial charge in [0.15, 0.2) is 6.04 Å². The Labute approximate surface area is 124 Å². The monoisotopic (exact) mass is 311 g/mol. The molecule has 2 amide bonds. The van der Waals surface area contributed by atoms with Crippen molar-refractivity contribution in [3.63, 3.8) is 0 Å². The zero-order valence-electron chi connectivity index (χ0n) is 11.2. The lowest BCUT2D eigenvalue weighted by molar-refractivity contribution is -0.148. The number of amides is 2. The molecule has 9 nitrogen and oxygen atoms in total. The van der Waals surface area contributed by atoms with E-state index in [1.54, 1.807) is 30.3 Å². The van der Waals surface area contributed by atoms with Crippen LogP contribution >= 0.6 is 0 Å². The van der Waals surface area contributed by atoms with Crippen LogP contribution in [0.5, 0.6) is 0 Å². The van der Waals surface area contributed by atoms with Gasteiger partial charge in [-0.15, -0.1) is 0 Å². The first-order valence-corrected chi connectivity index (χ1v) is 6.00. The minimum absolute atomic E-state index is 0.153. The molecule has 0 aromatic heterocycles. The van der Waals surface area contributed by atoms with Crippen molar-refractivity contribution in [2.24, 2.45) is 0 Å². The van der Waals surface area contributed by atoms with Crippen molar-refractivity contribution in [3.8, 4) is 0 Å². The topological polar surface area (TPSA) is 141 Å². The molecule has 0 saturated heterocycles. The zero-order valence-corrected chi connectivity index (χ0v) is 11.2. The van der Waals surface area contributed by atoms with Gasteiger partial charge in [-0.3, -0.25) is 4.79 Å². The third-order valence-electron chi connectivity index (χ3n) is 2.57. The summed E-state index contributed by atoms with van der Waals surface area (Å²) in [5.41, 5.74) is 0.561. The molecule has 3 N–H and O–H groups in total. The maximum Gasteiger partial charge on any atom is 0.420 e. The zero-order chi connectivity index (χ0) is 16.7. The number of rotatable bonds is 6. The molecule has 0 aliphatic carbocycles. The third-order valence-corrected chi connectivity index (χ3v) is 2.57. The van der Waals surface area contributed by atoms with Gasteiger partial charge >= 0.3 is 24.1 Å². The highest BCUT2D eigenvalue weighted by Gasteiger charge is 2.37. The number of carbonyl (C=O) groups is 4. The van der Waals surface area contributed by atoms with E-state index in [0.29, 0.717) is 5.56 Å². The van der Waals surface area contributed by atoms with Crippen LogP contribution < -0.4 is 0 Å². The smallest absolute Gasteiger partial charge is 0.420 e. The van der Waals surface area contributed by atoms with E-state index in [4.69, 9.17) is 20.1 Å². The fourth-order valence-electron chi connectivity index (χ4n) is 1.58. The lowest BCUT2D eigenvalue weighted by Crippen LogP contribution is -2.49. The van der Waals surface area contributed by atoms with Crippen molar-refractivity contribution in [1.29, 1.82) is 0 Å². The van der Waals surface area contributed by atoms with Gasteiger partial charge in [-0.25, -0.2) is 14.4 Å². The first kappa shape index (κ1) is 17.0. The quantitative estimate of drug-likeness (QED) is 0.712. The minimum atomic E-state index is -2.07. The van der Waals surface area contributed by atoms with Gasteiger partial charge in [0.25, 0.3) is 0 Å². The predicted octanol–water partition coefficient (Wildman–Crippen LogP) is 1.23. The third kappa shape index (κ3) is 4.78. The number of hydrogen-bond acceptors (Lipinski definition) is 5. The molecule has 0 aliphatic rings. The molecule has 0 unspecified atom stereocenters. The molecule has 0 fully saturated rings. The van der Waals surface area contributed by atoms with E-state index in [-0.39, 0.29) is 11.5 Å². The number of nitrogens with zero attached hydrogens (tertiary/aromatic N) is 1. The molecule has 1 aromatic rings. The summed E-state index contributed by atoms with van der Waals surface area (Å²) < 4.78 is 4.71. The van der Waals surface area contributed by atoms with Crippen LogP contribution in [0.15, 0.2) is 30.3 Å². The Morgan fingerprint density at radius 3 is 2.09 bits per heavy atom. The molecule has 0 radical (unpaired) electrons. The molecule has 0 saturated carbocycles. The molecule has 9 heteroatoms. The lowest BCUT2D eigenvalue weighted by atomic mass is 10.2. The fraction of sp³-hybridized carbons (Fsp3) is 0.231. The van der Waals surface area contributed by atoms with Gasteiger partial charge in [0.2, 0.25) is 0 Å². The minimum Gasteiger partial charge on any atom is -0.481 e. The van der Waals surface area contributed by atoms with E-state index in [0.717, 1.165) is 0 Å². The molecule has 0 bridgehead atoms. The van der Waals surface area contributed by atoms with Gasteiger partial charge in [-0.2, -0.15) is 4.90 Å². The summed E-state index contributed by atoms with van der Waals surface area (Å²) in [6, 6.07) is 6.22. The lowest BCUT2D eigenvalue weighted by Gasteiger charge is -2.22. The normalized spacial score (nSPS) is 11.3. The van der Waals surface area contributed by atoms with Gasteiger partial charge in [0.05, 0.1) is 6.42 Å². The first-order chi connectivity index (χ1) is 10.3. The molecular formula is C13H13NO8. The van der Waals surface area contributed by atoms with Crippen molar-refractivity contribution in [2.75, 3.05) is 0 Å². The highest BCUT2D eigenvalue weighted by molar-refractivity contribution is 5.94. The number of carbonyl (C=O) groups excluding carboxylic acids is 1. The number of imide groups is 1. The van der Waals surface area contributed by atoms with E-state index in [9.17, 15) is 19.2 Å². The highest BCUT2D eigenvalue weighted by atomic mass is 16.6. The Kier molecular flexibility index (Phi) is 5.87. The van der Waals surface area contributed by atoms with Crippen molar-refractivity contribution >= 4 is 24.1 Å². The fourth-order valence-corrected chi connectivity index (χ4v) is 1.58. The van der Waals surface area contributed by atoms with Crippen LogP contribution in [-0.4, -0.2) is 50.4 Å². The molecule has 22 heavy (non-hydrogen) atoms. The van der Waals surface area contributed by atoms with Gasteiger partial charge in [0, 0.05) is 0 Å². The molecule has 1 aromatic carbocycles. The van der Waals surface area contributed by atoms with Gasteiger partial charge in [-0.05, 0) is 5.56 Å². The Balaban J connectivity index is 2.84. The van der Waals surface area contributed by atoms with Crippen molar-refractivity contribution in [1.82, 2.24) is 4.90 Å². The van der Waals surface area contributed by atoms with Crippen LogP contribution in [-0.2, 0) is 20.9 Å². The Morgan fingerprint density at radius 2 is 1.64 bits per heavy atom. The van der Waals surface area contributed by atoms with Crippen LogP contribution in [0.4, 0.5) is 9.59 Å². The largest absolute Gasteiger partial charge is 0.481 e. The van der Waals surface area contributed by atoms with Crippen LogP contribution in [0, 0.1) is 0 Å². The summed E-state index contributed by atoms with van der Waals surface area (Å²) >= 11 is 0. The maximum absolute atomic E-state index is 11.8. The van der Waals surface area contributed by atoms with Gasteiger partial charge < -0.3 is 20.1 Å². The standard InChI is InChI=1S/C13H13NO8/c15-10(16)6-9(11(17)18)14(12(19)20)13(21)22-7-8-4-2-1-3-5-8/h1-5,9H,6-7H2,(H,15,16)(H,17,18)(H,19,20)/t9-/m1/s1. The second-order valence-electron chi connectivity index (χ2n) is 4.14. The van der Waals surface area contributed by atoms with Crippen molar-refractivity contribution in [2.45, 2.75) is 19.1 Å². The summed E-state index contributed by atoms with van der Waals surface area (Å²) in [4.78, 5) is 44.2. The predicted molar refractivity (Wildman–Crippen MR) is 70.2 cm³/mol.